The Morgan fingerprint density at radius 3 is 1.54 bits per heavy atom. The molecule has 0 saturated carbocycles. The molecule has 0 radical (unpaired) electrons. The minimum atomic E-state index is -0.619. The van der Waals surface area contributed by atoms with Crippen LogP contribution in [0.4, 0.5) is 0 Å². The fourth-order valence-electron chi connectivity index (χ4n) is 9.17. The molecule has 0 fully saturated rings. The van der Waals surface area contributed by atoms with Crippen LogP contribution in [0.5, 0.6) is 0 Å². The molecule has 0 saturated heterocycles. The zero-order valence-electron chi connectivity index (χ0n) is 29.5. The smallest absolute Gasteiger partial charge is 0.145 e. The van der Waals surface area contributed by atoms with Crippen LogP contribution in [0.1, 0.15) is 22.3 Å². The van der Waals surface area contributed by atoms with Crippen LogP contribution in [0.2, 0.25) is 0 Å². The van der Waals surface area contributed by atoms with E-state index in [1.807, 2.05) is 0 Å². The molecule has 2 nitrogen and oxygen atoms in total. The summed E-state index contributed by atoms with van der Waals surface area (Å²) in [7, 11) is 0. The molecule has 1 aromatic heterocycles. The molecule has 11 aromatic rings. The molecule has 11 rings (SSSR count). The van der Waals surface area contributed by atoms with Crippen LogP contribution >= 0.6 is 0 Å². The molecule has 0 aliphatic rings. The number of hydrogen-bond donors (Lipinski definition) is 0. The summed E-state index contributed by atoms with van der Waals surface area (Å²) in [4.78, 5) is 5.20. The molecule has 252 valence electrons. The Morgan fingerprint density at radius 1 is 0.370 bits per heavy atom. The first-order valence-electron chi connectivity index (χ1n) is 18.6. The maximum absolute atomic E-state index is 5.20. The first-order valence-corrected chi connectivity index (χ1v) is 18.6. The Bertz CT molecular complexity index is 3080. The Morgan fingerprint density at radius 2 is 0.889 bits per heavy atom. The summed E-state index contributed by atoms with van der Waals surface area (Å²) in [5.74, 6) is 0.924. The van der Waals surface area contributed by atoms with Gasteiger partial charge in [-0.3, -0.25) is 4.57 Å². The van der Waals surface area contributed by atoms with Gasteiger partial charge in [-0.25, -0.2) is 4.98 Å². The average molecular weight is 687 g/mol. The second kappa shape index (κ2) is 12.0. The fraction of sp³-hybridized carbons (Fsp3) is 0.0192. The molecule has 54 heavy (non-hydrogen) atoms. The summed E-state index contributed by atoms with van der Waals surface area (Å²) in [6.07, 6.45) is 0. The SMILES string of the molecule is c1ccc(-n2c(-c3ccc(C(c4ccccc4)(c4ccccc4)c4cc5cccc6c7cccc8cccc(c(c4)c56)c87)cc3)nc3ccccc32)cc1. The summed E-state index contributed by atoms with van der Waals surface area (Å²) in [5.41, 5.74) is 8.48. The highest BCUT2D eigenvalue weighted by atomic mass is 15.1. The van der Waals surface area contributed by atoms with E-state index in [-0.39, 0.29) is 0 Å². The highest BCUT2D eigenvalue weighted by Gasteiger charge is 2.39. The van der Waals surface area contributed by atoms with Crippen LogP contribution < -0.4 is 0 Å². The molecule has 0 spiro atoms. The van der Waals surface area contributed by atoms with Crippen LogP contribution in [0.15, 0.2) is 206 Å². The Kier molecular flexibility index (Phi) is 6.80. The highest BCUT2D eigenvalue weighted by Crippen LogP contribution is 2.49. The third kappa shape index (κ3) is 4.44. The Balaban J connectivity index is 1.21. The highest BCUT2D eigenvalue weighted by molar-refractivity contribution is 6.33. The first kappa shape index (κ1) is 30.6. The molecular weight excluding hydrogens is 653 g/mol. The van der Waals surface area contributed by atoms with Crippen LogP contribution in [0.3, 0.4) is 0 Å². The van der Waals surface area contributed by atoms with Crippen LogP contribution in [-0.4, -0.2) is 9.55 Å². The van der Waals surface area contributed by atoms with E-state index >= 15 is 0 Å². The molecule has 0 aliphatic carbocycles. The lowest BCUT2D eigenvalue weighted by Gasteiger charge is -2.37. The monoisotopic (exact) mass is 686 g/mol. The van der Waals surface area contributed by atoms with E-state index in [1.54, 1.807) is 0 Å². The maximum Gasteiger partial charge on any atom is 0.145 e. The van der Waals surface area contributed by atoms with Gasteiger partial charge in [-0.1, -0.05) is 170 Å². The van der Waals surface area contributed by atoms with Crippen molar-refractivity contribution >= 4 is 54.1 Å². The normalized spacial score (nSPS) is 12.1. The molecule has 1 heterocycles. The van der Waals surface area contributed by atoms with Crippen molar-refractivity contribution in [3.63, 3.8) is 0 Å². The number of benzene rings is 10. The standard InChI is InChI=1S/C52H34N2/c1-4-18-38(19-5-1)52(39-20-6-2-7-21-39,40-31-29-36(30-32-40)51-53-47-27-10-11-28-48(47)54(51)42-22-8-3-9-23-42)41-33-37-17-14-25-44-43-24-12-15-35-16-13-26-45(49(35)43)46(34-41)50(37)44/h1-34H. The van der Waals surface area contributed by atoms with E-state index in [4.69, 9.17) is 4.98 Å². The van der Waals surface area contributed by atoms with Crippen LogP contribution in [0, 0.1) is 0 Å². The number of aromatic nitrogens is 2. The van der Waals surface area contributed by atoms with Gasteiger partial charge in [-0.05, 0) is 102 Å². The van der Waals surface area contributed by atoms with Gasteiger partial charge in [0.25, 0.3) is 0 Å². The number of nitrogens with zero attached hydrogens (tertiary/aromatic N) is 2. The average Bonchev–Trinajstić information content (AvgIpc) is 3.64. The van der Waals surface area contributed by atoms with Crippen molar-refractivity contribution < 1.29 is 0 Å². The van der Waals surface area contributed by atoms with Crippen molar-refractivity contribution in [2.75, 3.05) is 0 Å². The molecule has 0 amide bonds. The molecule has 0 aliphatic heterocycles. The number of para-hydroxylation sites is 3. The summed E-state index contributed by atoms with van der Waals surface area (Å²) in [6.45, 7) is 0. The zero-order chi connectivity index (χ0) is 35.6. The molecule has 0 unspecified atom stereocenters. The van der Waals surface area contributed by atoms with E-state index in [0.29, 0.717) is 0 Å². The van der Waals surface area contributed by atoms with Crippen molar-refractivity contribution in [3.8, 4) is 17.1 Å². The number of hydrogen-bond acceptors (Lipinski definition) is 1. The minimum Gasteiger partial charge on any atom is -0.292 e. The summed E-state index contributed by atoms with van der Waals surface area (Å²) >= 11 is 0. The van der Waals surface area contributed by atoms with Crippen LogP contribution in [0.25, 0.3) is 71.2 Å². The van der Waals surface area contributed by atoms with E-state index in [1.165, 1.54) is 65.3 Å². The lowest BCUT2D eigenvalue weighted by molar-refractivity contribution is 0.747. The van der Waals surface area contributed by atoms with Gasteiger partial charge in [0.15, 0.2) is 0 Å². The lowest BCUT2D eigenvalue weighted by atomic mass is 9.64. The minimum absolute atomic E-state index is 0.619. The third-order valence-electron chi connectivity index (χ3n) is 11.5. The van der Waals surface area contributed by atoms with Crippen molar-refractivity contribution in [1.29, 1.82) is 0 Å². The Hall–Kier alpha value is -7.03. The summed E-state index contributed by atoms with van der Waals surface area (Å²) in [6, 6.07) is 75.4. The van der Waals surface area contributed by atoms with Crippen molar-refractivity contribution in [1.82, 2.24) is 9.55 Å². The van der Waals surface area contributed by atoms with Gasteiger partial charge >= 0.3 is 0 Å². The quantitative estimate of drug-likeness (QED) is 0.0967. The Labute approximate surface area is 313 Å². The van der Waals surface area contributed by atoms with Crippen molar-refractivity contribution in [3.05, 3.63) is 229 Å². The van der Waals surface area contributed by atoms with E-state index in [9.17, 15) is 0 Å². The van der Waals surface area contributed by atoms with Gasteiger partial charge in [-0.2, -0.15) is 0 Å². The summed E-state index contributed by atoms with van der Waals surface area (Å²) < 4.78 is 2.27. The first-order chi connectivity index (χ1) is 26.8. The van der Waals surface area contributed by atoms with Gasteiger partial charge in [-0.15, -0.1) is 0 Å². The number of imidazole rings is 1. The predicted octanol–water partition coefficient (Wildman–Crippen LogP) is 13.1. The van der Waals surface area contributed by atoms with E-state index in [2.05, 4.69) is 211 Å². The lowest BCUT2D eigenvalue weighted by Crippen LogP contribution is -2.31. The third-order valence-corrected chi connectivity index (χ3v) is 11.5. The fourth-order valence-corrected chi connectivity index (χ4v) is 9.17. The molecule has 2 heteroatoms. The van der Waals surface area contributed by atoms with E-state index in [0.717, 1.165) is 28.1 Å². The second-order valence-electron chi connectivity index (χ2n) is 14.3. The molecule has 0 atom stereocenters. The van der Waals surface area contributed by atoms with Gasteiger partial charge in [0.2, 0.25) is 0 Å². The van der Waals surface area contributed by atoms with E-state index < -0.39 is 5.41 Å². The number of rotatable bonds is 6. The van der Waals surface area contributed by atoms with Gasteiger partial charge in [0.05, 0.1) is 16.4 Å². The second-order valence-corrected chi connectivity index (χ2v) is 14.3. The van der Waals surface area contributed by atoms with Gasteiger partial charge in [0.1, 0.15) is 5.82 Å². The maximum atomic E-state index is 5.20. The van der Waals surface area contributed by atoms with Crippen LogP contribution in [-0.2, 0) is 5.41 Å². The molecular formula is C52H34N2. The zero-order valence-corrected chi connectivity index (χ0v) is 29.5. The molecule has 10 aromatic carbocycles. The largest absolute Gasteiger partial charge is 0.292 e. The predicted molar refractivity (Wildman–Crippen MR) is 226 cm³/mol. The summed E-state index contributed by atoms with van der Waals surface area (Å²) in [5, 5.41) is 10.3. The van der Waals surface area contributed by atoms with Gasteiger partial charge < -0.3 is 0 Å². The van der Waals surface area contributed by atoms with Crippen molar-refractivity contribution in [2.45, 2.75) is 5.41 Å². The van der Waals surface area contributed by atoms with Gasteiger partial charge in [0, 0.05) is 11.3 Å². The molecule has 0 bridgehead atoms. The number of fused-ring (bicyclic) bond motifs is 3. The molecule has 0 N–H and O–H groups in total. The van der Waals surface area contributed by atoms with Crippen molar-refractivity contribution in [2.24, 2.45) is 0 Å². The topological polar surface area (TPSA) is 17.8 Å².